The maximum atomic E-state index is 10.5. The van der Waals surface area contributed by atoms with Gasteiger partial charge in [-0.15, -0.1) is 16.9 Å². The molecule has 0 bridgehead atoms. The number of thioether (sulfide) groups is 1. The first-order chi connectivity index (χ1) is 9.20. The number of anilines is 1. The highest BCUT2D eigenvalue weighted by atomic mass is 32.2. The average Bonchev–Trinajstić information content (AvgIpc) is 2.85. The third-order valence-corrected chi connectivity index (χ3v) is 4.07. The summed E-state index contributed by atoms with van der Waals surface area (Å²) in [7, 11) is 0. The van der Waals surface area contributed by atoms with Gasteiger partial charge in [0, 0.05) is 40.9 Å². The lowest BCUT2D eigenvalue weighted by atomic mass is 10.3. The fourth-order valence-electron chi connectivity index (χ4n) is 1.41. The van der Waals surface area contributed by atoms with E-state index >= 15 is 0 Å². The molecule has 100 valence electrons. The van der Waals surface area contributed by atoms with E-state index in [1.54, 1.807) is 23.9 Å². The van der Waals surface area contributed by atoms with Crippen molar-refractivity contribution in [3.05, 3.63) is 40.1 Å². The molecular formula is C11H12N4O2S2. The molecule has 8 heteroatoms. The molecule has 0 aliphatic rings. The van der Waals surface area contributed by atoms with Crippen molar-refractivity contribution in [2.75, 3.05) is 11.9 Å². The lowest BCUT2D eigenvalue weighted by Crippen LogP contribution is -1.97. The van der Waals surface area contributed by atoms with Crippen LogP contribution in [0.2, 0.25) is 0 Å². The smallest absolute Gasteiger partial charge is 0.269 e. The fourth-order valence-corrected chi connectivity index (χ4v) is 2.99. The number of benzene rings is 1. The third-order valence-electron chi connectivity index (χ3n) is 2.32. The number of rotatable bonds is 6. The molecule has 0 amide bonds. The molecule has 1 aromatic heterocycles. The minimum atomic E-state index is -0.401. The van der Waals surface area contributed by atoms with E-state index in [9.17, 15) is 10.1 Å². The van der Waals surface area contributed by atoms with Gasteiger partial charge < -0.3 is 5.32 Å². The zero-order valence-corrected chi connectivity index (χ0v) is 11.8. The van der Waals surface area contributed by atoms with Gasteiger partial charge in [0.1, 0.15) is 10.7 Å². The number of hydrogen-bond donors (Lipinski definition) is 1. The first-order valence-corrected chi connectivity index (χ1v) is 7.39. The molecule has 1 N–H and O–H groups in total. The summed E-state index contributed by atoms with van der Waals surface area (Å²) in [4.78, 5) is 11.1. The summed E-state index contributed by atoms with van der Waals surface area (Å²) in [5.74, 6) is 0.691. The number of non-ortho nitro benzene ring substituents is 1. The topological polar surface area (TPSA) is 81.0 Å². The molecule has 0 unspecified atom stereocenters. The van der Waals surface area contributed by atoms with Crippen molar-refractivity contribution in [1.82, 2.24) is 9.59 Å². The Morgan fingerprint density at radius 3 is 2.79 bits per heavy atom. The van der Waals surface area contributed by atoms with Gasteiger partial charge in [-0.2, -0.15) is 0 Å². The van der Waals surface area contributed by atoms with E-state index < -0.39 is 4.92 Å². The standard InChI is InChI=1S/C11H12N4O2S2/c1-2-12-11-10(13-14-19-11)7-18-9-5-3-8(4-6-9)15(16)17/h3-6,12H,2,7H2,1H3. The summed E-state index contributed by atoms with van der Waals surface area (Å²) in [6.45, 7) is 2.85. The second-order valence-electron chi connectivity index (χ2n) is 3.62. The van der Waals surface area contributed by atoms with Crippen LogP contribution in [0, 0.1) is 10.1 Å². The molecule has 2 aromatic rings. The zero-order chi connectivity index (χ0) is 13.7. The maximum Gasteiger partial charge on any atom is 0.269 e. The predicted octanol–water partition coefficient (Wildman–Crippen LogP) is 3.17. The highest BCUT2D eigenvalue weighted by Crippen LogP contribution is 2.28. The maximum absolute atomic E-state index is 10.5. The van der Waals surface area contributed by atoms with Crippen molar-refractivity contribution in [2.24, 2.45) is 0 Å². The Bertz CT molecular complexity index is 556. The Kier molecular flexibility index (Phi) is 4.69. The lowest BCUT2D eigenvalue weighted by Gasteiger charge is -2.02. The molecule has 1 heterocycles. The molecule has 0 aliphatic carbocycles. The van der Waals surface area contributed by atoms with Crippen molar-refractivity contribution in [2.45, 2.75) is 17.6 Å². The molecule has 0 saturated carbocycles. The number of hydrogen-bond acceptors (Lipinski definition) is 7. The SMILES string of the molecule is CCNc1snnc1CSc1ccc([N+](=O)[O-])cc1. The number of nitro benzene ring substituents is 1. The summed E-state index contributed by atoms with van der Waals surface area (Å²) in [5, 5.41) is 18.8. The van der Waals surface area contributed by atoms with Crippen LogP contribution in [0.5, 0.6) is 0 Å². The first-order valence-electron chi connectivity index (χ1n) is 5.63. The Morgan fingerprint density at radius 2 is 2.16 bits per heavy atom. The normalized spacial score (nSPS) is 10.4. The van der Waals surface area contributed by atoms with Gasteiger partial charge in [-0.25, -0.2) is 0 Å². The molecule has 0 radical (unpaired) electrons. The summed E-state index contributed by atoms with van der Waals surface area (Å²) >= 11 is 2.92. The minimum absolute atomic E-state index is 0.105. The van der Waals surface area contributed by atoms with E-state index in [1.807, 2.05) is 6.92 Å². The van der Waals surface area contributed by atoms with Gasteiger partial charge in [-0.3, -0.25) is 10.1 Å². The van der Waals surface area contributed by atoms with Crippen molar-refractivity contribution in [1.29, 1.82) is 0 Å². The second kappa shape index (κ2) is 6.48. The van der Waals surface area contributed by atoms with Gasteiger partial charge in [0.25, 0.3) is 5.69 Å². The van der Waals surface area contributed by atoms with Crippen LogP contribution in [0.1, 0.15) is 12.6 Å². The molecule has 19 heavy (non-hydrogen) atoms. The van der Waals surface area contributed by atoms with Gasteiger partial charge >= 0.3 is 0 Å². The Morgan fingerprint density at radius 1 is 1.42 bits per heavy atom. The van der Waals surface area contributed by atoms with E-state index in [4.69, 9.17) is 0 Å². The Balaban J connectivity index is 1.98. The van der Waals surface area contributed by atoms with Crippen LogP contribution in [0.3, 0.4) is 0 Å². The lowest BCUT2D eigenvalue weighted by molar-refractivity contribution is -0.384. The van der Waals surface area contributed by atoms with Crippen molar-refractivity contribution in [3.8, 4) is 0 Å². The van der Waals surface area contributed by atoms with E-state index in [1.165, 1.54) is 23.7 Å². The predicted molar refractivity (Wildman–Crippen MR) is 76.7 cm³/mol. The molecule has 0 fully saturated rings. The summed E-state index contributed by atoms with van der Waals surface area (Å²) in [6, 6.07) is 6.50. The molecule has 0 aliphatic heterocycles. The molecule has 0 saturated heterocycles. The second-order valence-corrected chi connectivity index (χ2v) is 5.42. The van der Waals surface area contributed by atoms with Gasteiger partial charge in [0.2, 0.25) is 0 Å². The van der Waals surface area contributed by atoms with E-state index in [2.05, 4.69) is 14.9 Å². The molecule has 0 atom stereocenters. The van der Waals surface area contributed by atoms with Crippen LogP contribution in [-0.2, 0) is 5.75 Å². The van der Waals surface area contributed by atoms with Crippen LogP contribution in [0.15, 0.2) is 29.2 Å². The van der Waals surface area contributed by atoms with Crippen molar-refractivity contribution < 1.29 is 4.92 Å². The van der Waals surface area contributed by atoms with Crippen LogP contribution >= 0.6 is 23.3 Å². The molecule has 1 aromatic carbocycles. The van der Waals surface area contributed by atoms with Crippen molar-refractivity contribution in [3.63, 3.8) is 0 Å². The highest BCUT2D eigenvalue weighted by Gasteiger charge is 2.08. The Labute approximate surface area is 118 Å². The first kappa shape index (κ1) is 13.8. The van der Waals surface area contributed by atoms with Crippen molar-refractivity contribution >= 4 is 34.0 Å². The summed E-state index contributed by atoms with van der Waals surface area (Å²) in [6.07, 6.45) is 0. The number of nitrogens with one attached hydrogen (secondary N) is 1. The van der Waals surface area contributed by atoms with Crippen LogP contribution < -0.4 is 5.32 Å². The van der Waals surface area contributed by atoms with Crippen LogP contribution in [-0.4, -0.2) is 21.1 Å². The third kappa shape index (κ3) is 3.65. The fraction of sp³-hybridized carbons (Fsp3) is 0.273. The zero-order valence-electron chi connectivity index (χ0n) is 10.2. The highest BCUT2D eigenvalue weighted by molar-refractivity contribution is 7.98. The number of nitrogens with zero attached hydrogens (tertiary/aromatic N) is 3. The van der Waals surface area contributed by atoms with E-state index in [-0.39, 0.29) is 5.69 Å². The van der Waals surface area contributed by atoms with Crippen LogP contribution in [0.25, 0.3) is 0 Å². The average molecular weight is 296 g/mol. The Hall–Kier alpha value is -1.67. The quantitative estimate of drug-likeness (QED) is 0.501. The molecule has 2 rings (SSSR count). The minimum Gasteiger partial charge on any atom is -0.374 e. The van der Waals surface area contributed by atoms with Gasteiger partial charge in [0.05, 0.1) is 4.92 Å². The van der Waals surface area contributed by atoms with Gasteiger partial charge in [-0.1, -0.05) is 4.49 Å². The monoisotopic (exact) mass is 296 g/mol. The molecule has 0 spiro atoms. The number of aromatic nitrogens is 2. The molecular weight excluding hydrogens is 284 g/mol. The van der Waals surface area contributed by atoms with Gasteiger partial charge in [0.15, 0.2) is 0 Å². The van der Waals surface area contributed by atoms with Crippen LogP contribution in [0.4, 0.5) is 10.7 Å². The molecule has 6 nitrogen and oxygen atoms in total. The van der Waals surface area contributed by atoms with Gasteiger partial charge in [-0.05, 0) is 19.1 Å². The number of nitro groups is 1. The largest absolute Gasteiger partial charge is 0.374 e. The van der Waals surface area contributed by atoms with E-state index in [0.717, 1.165) is 22.1 Å². The van der Waals surface area contributed by atoms with E-state index in [0.29, 0.717) is 5.75 Å². The summed E-state index contributed by atoms with van der Waals surface area (Å²) < 4.78 is 3.92. The summed E-state index contributed by atoms with van der Waals surface area (Å²) in [5.41, 5.74) is 1.02.